The van der Waals surface area contributed by atoms with Gasteiger partial charge >= 0.3 is 0 Å². The molecule has 0 aliphatic carbocycles. The molecular weight excluding hydrogens is 544 g/mol. The van der Waals surface area contributed by atoms with Crippen LogP contribution in [0, 0.1) is 11.3 Å². The first-order chi connectivity index (χ1) is 19.8. The van der Waals surface area contributed by atoms with Gasteiger partial charge in [0.2, 0.25) is 5.91 Å². The Hall–Kier alpha value is -5.18. The lowest BCUT2D eigenvalue weighted by molar-refractivity contribution is -0.111. The maximum Gasteiger partial charge on any atom is 0.248 e. The molecule has 0 radical (unpaired) electrons. The van der Waals surface area contributed by atoms with Crippen molar-refractivity contribution >= 4 is 51.1 Å². The fourth-order valence-corrected chi connectivity index (χ4v) is 4.26. The molecule has 0 aliphatic rings. The molecule has 1 amide bonds. The molecule has 0 unspecified atom stereocenters. The van der Waals surface area contributed by atoms with Gasteiger partial charge in [-0.1, -0.05) is 17.7 Å². The summed E-state index contributed by atoms with van der Waals surface area (Å²) in [6, 6.07) is 14.3. The predicted octanol–water partition coefficient (Wildman–Crippen LogP) is 5.40. The molecule has 5 rings (SSSR count). The quantitative estimate of drug-likeness (QED) is 0.224. The molecule has 0 saturated carbocycles. The highest BCUT2D eigenvalue weighted by Gasteiger charge is 2.16. The fourth-order valence-electron chi connectivity index (χ4n) is 4.04. The predicted molar refractivity (Wildman–Crippen MR) is 157 cm³/mol. The highest BCUT2D eigenvalue weighted by Crippen LogP contribution is 2.38. The van der Waals surface area contributed by atoms with Crippen molar-refractivity contribution in [1.82, 2.24) is 24.5 Å². The lowest BCUT2D eigenvalue weighted by Crippen LogP contribution is -2.13. The fraction of sp³-hybridized carbons (Fsp3) is 0.138. The van der Waals surface area contributed by atoms with E-state index in [1.54, 1.807) is 59.3 Å². The van der Waals surface area contributed by atoms with Gasteiger partial charge in [0.25, 0.3) is 0 Å². The molecule has 0 atom stereocenters. The standard InChI is InChI=1S/C29H25ClN8O3/c1-37(2)9-4-5-28(39)35-25-13-21-24(14-26(25)40-3)32-16-18(15-31)29(21)36-23-7-6-19(11-22(23)30)41-20-8-10-38-27(12-20)33-17-34-38/h4-8,10-14,16-17H,9H2,1-3H3,(H,32,36)(H,35,39)/b5-4+. The molecule has 0 aliphatic heterocycles. The number of likely N-dealkylation sites (N-methyl/N-ethyl adjacent to an activating group) is 1. The molecule has 206 valence electrons. The maximum absolute atomic E-state index is 12.6. The summed E-state index contributed by atoms with van der Waals surface area (Å²) in [5.74, 6) is 1.21. The first-order valence-corrected chi connectivity index (χ1v) is 12.8. The van der Waals surface area contributed by atoms with Gasteiger partial charge < -0.3 is 25.0 Å². The Morgan fingerprint density at radius 2 is 1.98 bits per heavy atom. The zero-order valence-electron chi connectivity index (χ0n) is 22.4. The molecule has 11 nitrogen and oxygen atoms in total. The minimum absolute atomic E-state index is 0.295. The monoisotopic (exact) mass is 568 g/mol. The van der Waals surface area contributed by atoms with Crippen molar-refractivity contribution in [2.45, 2.75) is 0 Å². The Kier molecular flexibility index (Phi) is 7.96. The maximum atomic E-state index is 12.6. The van der Waals surface area contributed by atoms with Crippen molar-refractivity contribution in [3.05, 3.63) is 83.9 Å². The smallest absolute Gasteiger partial charge is 0.248 e. The second kappa shape index (κ2) is 11.9. The Labute approximate surface area is 240 Å². The highest BCUT2D eigenvalue weighted by atomic mass is 35.5. The number of benzene rings is 2. The average molecular weight is 569 g/mol. The van der Waals surface area contributed by atoms with Crippen LogP contribution in [-0.4, -0.2) is 58.1 Å². The normalized spacial score (nSPS) is 11.2. The number of hydrogen-bond acceptors (Lipinski definition) is 9. The van der Waals surface area contributed by atoms with Crippen LogP contribution < -0.4 is 20.1 Å². The zero-order chi connectivity index (χ0) is 28.9. The molecule has 0 fully saturated rings. The molecule has 12 heteroatoms. The van der Waals surface area contributed by atoms with Gasteiger partial charge in [0.15, 0.2) is 5.65 Å². The van der Waals surface area contributed by atoms with E-state index < -0.39 is 0 Å². The molecule has 2 aromatic carbocycles. The molecule has 0 bridgehead atoms. The molecule has 2 N–H and O–H groups in total. The minimum atomic E-state index is -0.315. The van der Waals surface area contributed by atoms with Crippen molar-refractivity contribution in [2.75, 3.05) is 38.4 Å². The minimum Gasteiger partial charge on any atom is -0.494 e. The number of nitrogens with one attached hydrogen (secondary N) is 2. The summed E-state index contributed by atoms with van der Waals surface area (Å²) < 4.78 is 13.1. The number of rotatable bonds is 9. The molecule has 3 aromatic heterocycles. The van der Waals surface area contributed by atoms with Crippen molar-refractivity contribution < 1.29 is 14.3 Å². The van der Waals surface area contributed by atoms with E-state index >= 15 is 0 Å². The van der Waals surface area contributed by atoms with E-state index in [0.29, 0.717) is 68.0 Å². The number of amides is 1. The van der Waals surface area contributed by atoms with E-state index in [1.807, 2.05) is 19.0 Å². The first-order valence-electron chi connectivity index (χ1n) is 12.4. The highest BCUT2D eigenvalue weighted by molar-refractivity contribution is 6.33. The summed E-state index contributed by atoms with van der Waals surface area (Å²) in [7, 11) is 5.33. The number of carbonyl (C=O) groups excluding carboxylic acids is 1. The number of fused-ring (bicyclic) bond motifs is 2. The number of pyridine rings is 2. The number of methoxy groups -OCH3 is 1. The number of ether oxygens (including phenoxy) is 2. The summed E-state index contributed by atoms with van der Waals surface area (Å²) in [5.41, 5.74) is 2.96. The third kappa shape index (κ3) is 6.19. The van der Waals surface area contributed by atoms with Crippen LogP contribution >= 0.6 is 11.6 Å². The van der Waals surface area contributed by atoms with Crippen LogP contribution in [0.2, 0.25) is 5.02 Å². The summed E-state index contributed by atoms with van der Waals surface area (Å²) in [6.45, 7) is 0.619. The zero-order valence-corrected chi connectivity index (χ0v) is 23.2. The van der Waals surface area contributed by atoms with E-state index in [0.717, 1.165) is 0 Å². The molecule has 0 saturated heterocycles. The Bertz CT molecular complexity index is 1830. The number of hydrogen-bond donors (Lipinski definition) is 2. The second-order valence-corrected chi connectivity index (χ2v) is 9.58. The third-order valence-electron chi connectivity index (χ3n) is 6.00. The van der Waals surface area contributed by atoms with Gasteiger partial charge in [0.1, 0.15) is 29.6 Å². The van der Waals surface area contributed by atoms with Gasteiger partial charge in [-0.2, -0.15) is 10.4 Å². The van der Waals surface area contributed by atoms with E-state index in [2.05, 4.69) is 31.8 Å². The summed E-state index contributed by atoms with van der Waals surface area (Å²) in [5, 5.41) is 21.0. The third-order valence-corrected chi connectivity index (χ3v) is 6.31. The molecule has 5 aromatic rings. The van der Waals surface area contributed by atoms with Gasteiger partial charge in [-0.3, -0.25) is 9.78 Å². The Balaban J connectivity index is 1.45. The Morgan fingerprint density at radius 1 is 1.15 bits per heavy atom. The van der Waals surface area contributed by atoms with E-state index in [1.165, 1.54) is 25.7 Å². The van der Waals surface area contributed by atoms with E-state index in [-0.39, 0.29) is 5.91 Å². The van der Waals surface area contributed by atoms with Crippen LogP contribution in [0.25, 0.3) is 16.6 Å². The van der Waals surface area contributed by atoms with Crippen LogP contribution in [0.5, 0.6) is 17.2 Å². The number of halogens is 1. The van der Waals surface area contributed by atoms with Crippen molar-refractivity contribution in [1.29, 1.82) is 5.26 Å². The van der Waals surface area contributed by atoms with Gasteiger partial charge in [-0.25, -0.2) is 9.50 Å². The largest absolute Gasteiger partial charge is 0.494 e. The molecule has 0 spiro atoms. The molecule has 41 heavy (non-hydrogen) atoms. The van der Waals surface area contributed by atoms with Crippen LogP contribution in [0.15, 0.2) is 73.3 Å². The topological polar surface area (TPSA) is 130 Å². The number of nitrogens with zero attached hydrogens (tertiary/aromatic N) is 6. The van der Waals surface area contributed by atoms with Crippen molar-refractivity contribution in [3.8, 4) is 23.3 Å². The molecular formula is C29H25ClN8O3. The van der Waals surface area contributed by atoms with Gasteiger partial charge in [0.05, 0.1) is 40.3 Å². The lowest BCUT2D eigenvalue weighted by Gasteiger charge is -2.16. The number of aromatic nitrogens is 4. The number of anilines is 3. The van der Waals surface area contributed by atoms with Crippen molar-refractivity contribution in [2.24, 2.45) is 0 Å². The van der Waals surface area contributed by atoms with Crippen LogP contribution in [-0.2, 0) is 4.79 Å². The van der Waals surface area contributed by atoms with E-state index in [4.69, 9.17) is 21.1 Å². The average Bonchev–Trinajstić information content (AvgIpc) is 3.42. The number of nitriles is 1. The number of carbonyl (C=O) groups is 1. The van der Waals surface area contributed by atoms with Crippen LogP contribution in [0.3, 0.4) is 0 Å². The summed E-state index contributed by atoms with van der Waals surface area (Å²) >= 11 is 6.63. The summed E-state index contributed by atoms with van der Waals surface area (Å²) in [6.07, 6.45) is 7.90. The van der Waals surface area contributed by atoms with E-state index in [9.17, 15) is 10.1 Å². The second-order valence-electron chi connectivity index (χ2n) is 9.18. The van der Waals surface area contributed by atoms with Crippen LogP contribution in [0.4, 0.5) is 17.1 Å². The van der Waals surface area contributed by atoms with Crippen LogP contribution in [0.1, 0.15) is 5.56 Å². The SMILES string of the molecule is COc1cc2ncc(C#N)c(Nc3ccc(Oc4ccn5ncnc5c4)cc3Cl)c2cc1NC(=O)/C=C/CN(C)C. The summed E-state index contributed by atoms with van der Waals surface area (Å²) in [4.78, 5) is 23.1. The van der Waals surface area contributed by atoms with Crippen molar-refractivity contribution in [3.63, 3.8) is 0 Å². The van der Waals surface area contributed by atoms with Gasteiger partial charge in [0, 0.05) is 48.6 Å². The lowest BCUT2D eigenvalue weighted by atomic mass is 10.1. The Morgan fingerprint density at radius 3 is 2.73 bits per heavy atom. The van der Waals surface area contributed by atoms with Gasteiger partial charge in [-0.05, 0) is 38.4 Å². The van der Waals surface area contributed by atoms with Gasteiger partial charge in [-0.15, -0.1) is 0 Å². The molecule has 3 heterocycles. The first kappa shape index (κ1) is 27.4.